The molecule has 3 nitrogen and oxygen atoms in total. The van der Waals surface area contributed by atoms with E-state index in [1.54, 1.807) is 11.8 Å². The molecule has 2 rings (SSSR count). The Hall–Kier alpha value is -1.35. The molecule has 1 amide bonds. The molecule has 1 fully saturated rings. The normalized spacial score (nSPS) is 18.7. The van der Waals surface area contributed by atoms with E-state index in [2.05, 4.69) is 24.3 Å². The fourth-order valence-electron chi connectivity index (χ4n) is 2.57. The maximum Gasteiger partial charge on any atom is 0.251 e. The molecule has 0 unspecified atom stereocenters. The number of aliphatic hydroxyl groups is 1. The summed E-state index contributed by atoms with van der Waals surface area (Å²) >= 11 is 0. The molecule has 0 saturated carbocycles. The van der Waals surface area contributed by atoms with E-state index in [4.69, 9.17) is 0 Å². The van der Waals surface area contributed by atoms with Crippen molar-refractivity contribution in [3.63, 3.8) is 0 Å². The fourth-order valence-corrected chi connectivity index (χ4v) is 2.57. The van der Waals surface area contributed by atoms with E-state index in [1.807, 2.05) is 6.07 Å². The Kier molecular flexibility index (Phi) is 4.37. The number of carbonyl (C=O) groups excluding carboxylic acids is 1. The van der Waals surface area contributed by atoms with E-state index in [9.17, 15) is 9.90 Å². The molecule has 0 spiro atoms. The van der Waals surface area contributed by atoms with Gasteiger partial charge in [0.1, 0.15) is 6.10 Å². The lowest BCUT2D eigenvalue weighted by molar-refractivity contribution is -0.140. The van der Waals surface area contributed by atoms with Crippen LogP contribution in [0.3, 0.4) is 0 Å². The summed E-state index contributed by atoms with van der Waals surface area (Å²) in [6, 6.07) is 10.5. The largest absolute Gasteiger partial charge is 0.384 e. The van der Waals surface area contributed by atoms with Crippen LogP contribution in [0.5, 0.6) is 0 Å². The third-order valence-electron chi connectivity index (χ3n) is 3.65. The summed E-state index contributed by atoms with van der Waals surface area (Å²) in [5.74, 6) is 0.526. The van der Waals surface area contributed by atoms with Gasteiger partial charge in [0.2, 0.25) is 0 Å². The Balaban J connectivity index is 1.82. The van der Waals surface area contributed by atoms with Crippen molar-refractivity contribution in [2.75, 3.05) is 13.1 Å². The lowest BCUT2D eigenvalue weighted by atomic mass is 9.90. The zero-order valence-electron chi connectivity index (χ0n) is 10.9. The van der Waals surface area contributed by atoms with Crippen LogP contribution in [0.2, 0.25) is 0 Å². The second kappa shape index (κ2) is 6.01. The van der Waals surface area contributed by atoms with Gasteiger partial charge in [-0.3, -0.25) is 4.79 Å². The van der Waals surface area contributed by atoms with Gasteiger partial charge in [-0.1, -0.05) is 30.3 Å². The monoisotopic (exact) mass is 247 g/mol. The number of hydrogen-bond donors (Lipinski definition) is 1. The quantitative estimate of drug-likeness (QED) is 0.885. The Labute approximate surface area is 108 Å². The molecular weight excluding hydrogens is 226 g/mol. The number of nitrogens with zero attached hydrogens (tertiary/aromatic N) is 1. The van der Waals surface area contributed by atoms with Crippen molar-refractivity contribution >= 4 is 5.91 Å². The molecular formula is C15H21NO2. The first kappa shape index (κ1) is 13.1. The van der Waals surface area contributed by atoms with Crippen LogP contribution in [0.25, 0.3) is 0 Å². The van der Waals surface area contributed by atoms with E-state index in [1.165, 1.54) is 5.56 Å². The van der Waals surface area contributed by atoms with Crippen molar-refractivity contribution in [1.29, 1.82) is 0 Å². The van der Waals surface area contributed by atoms with Crippen molar-refractivity contribution in [3.8, 4) is 0 Å². The van der Waals surface area contributed by atoms with Gasteiger partial charge < -0.3 is 10.0 Å². The molecule has 98 valence electrons. The second-order valence-corrected chi connectivity index (χ2v) is 5.13. The molecule has 1 aromatic rings. The number of piperidine rings is 1. The van der Waals surface area contributed by atoms with Crippen molar-refractivity contribution in [1.82, 2.24) is 4.90 Å². The number of likely N-dealkylation sites (tertiary alicyclic amines) is 1. The van der Waals surface area contributed by atoms with Crippen LogP contribution in [0.15, 0.2) is 30.3 Å². The molecule has 1 atom stereocenters. The van der Waals surface area contributed by atoms with Gasteiger partial charge in [-0.15, -0.1) is 0 Å². The molecule has 0 aliphatic carbocycles. The number of rotatable bonds is 3. The van der Waals surface area contributed by atoms with E-state index in [0.29, 0.717) is 5.92 Å². The topological polar surface area (TPSA) is 40.5 Å². The zero-order valence-corrected chi connectivity index (χ0v) is 10.9. The minimum Gasteiger partial charge on any atom is -0.384 e. The second-order valence-electron chi connectivity index (χ2n) is 5.13. The van der Waals surface area contributed by atoms with E-state index < -0.39 is 6.10 Å². The highest BCUT2D eigenvalue weighted by atomic mass is 16.3. The number of hydrogen-bond acceptors (Lipinski definition) is 2. The molecule has 1 N–H and O–H groups in total. The van der Waals surface area contributed by atoms with Crippen molar-refractivity contribution in [2.24, 2.45) is 5.92 Å². The number of carbonyl (C=O) groups is 1. The Morgan fingerprint density at radius 1 is 1.33 bits per heavy atom. The van der Waals surface area contributed by atoms with E-state index >= 15 is 0 Å². The van der Waals surface area contributed by atoms with Gasteiger partial charge in [0.15, 0.2) is 0 Å². The van der Waals surface area contributed by atoms with Crippen LogP contribution in [0, 0.1) is 5.92 Å². The Morgan fingerprint density at radius 3 is 2.50 bits per heavy atom. The summed E-state index contributed by atoms with van der Waals surface area (Å²) in [6.45, 7) is 3.10. The van der Waals surface area contributed by atoms with Crippen LogP contribution in [0.1, 0.15) is 25.3 Å². The standard InChI is InChI=1S/C15H21NO2/c1-12(17)15(18)16-9-7-14(8-10-16)11-13-5-3-2-4-6-13/h2-6,12,14,17H,7-11H2,1H3/t12-/m0/s1. The molecule has 18 heavy (non-hydrogen) atoms. The van der Waals surface area contributed by atoms with Crippen LogP contribution < -0.4 is 0 Å². The molecule has 1 aromatic carbocycles. The maximum atomic E-state index is 11.6. The minimum atomic E-state index is -0.865. The SMILES string of the molecule is C[C@H](O)C(=O)N1CCC(Cc2ccccc2)CC1. The zero-order chi connectivity index (χ0) is 13.0. The van der Waals surface area contributed by atoms with Crippen molar-refractivity contribution in [2.45, 2.75) is 32.3 Å². The summed E-state index contributed by atoms with van der Waals surface area (Å²) in [6.07, 6.45) is 2.30. The predicted octanol–water partition coefficient (Wildman–Crippen LogP) is 1.85. The van der Waals surface area contributed by atoms with Crippen LogP contribution in [0.4, 0.5) is 0 Å². The number of benzene rings is 1. The van der Waals surface area contributed by atoms with Gasteiger partial charge in [-0.05, 0) is 37.7 Å². The molecule has 1 aliphatic rings. The fraction of sp³-hybridized carbons (Fsp3) is 0.533. The van der Waals surface area contributed by atoms with Gasteiger partial charge in [0, 0.05) is 13.1 Å². The summed E-state index contributed by atoms with van der Waals surface area (Å²) in [5.41, 5.74) is 1.37. The first-order valence-electron chi connectivity index (χ1n) is 6.67. The van der Waals surface area contributed by atoms with Crippen molar-refractivity contribution < 1.29 is 9.90 Å². The van der Waals surface area contributed by atoms with Crippen LogP contribution in [-0.4, -0.2) is 35.1 Å². The van der Waals surface area contributed by atoms with Crippen LogP contribution in [-0.2, 0) is 11.2 Å². The van der Waals surface area contributed by atoms with Gasteiger partial charge in [0.05, 0.1) is 0 Å². The van der Waals surface area contributed by atoms with Crippen LogP contribution >= 0.6 is 0 Å². The first-order chi connectivity index (χ1) is 8.66. The third-order valence-corrected chi connectivity index (χ3v) is 3.65. The van der Waals surface area contributed by atoms with Gasteiger partial charge in [-0.2, -0.15) is 0 Å². The summed E-state index contributed by atoms with van der Waals surface area (Å²) in [5, 5.41) is 9.28. The first-order valence-corrected chi connectivity index (χ1v) is 6.67. The minimum absolute atomic E-state index is 0.131. The highest BCUT2D eigenvalue weighted by molar-refractivity contribution is 5.80. The molecule has 1 aliphatic heterocycles. The Morgan fingerprint density at radius 2 is 1.94 bits per heavy atom. The molecule has 1 saturated heterocycles. The summed E-state index contributed by atoms with van der Waals surface area (Å²) in [4.78, 5) is 13.4. The molecule has 0 aromatic heterocycles. The smallest absolute Gasteiger partial charge is 0.251 e. The average molecular weight is 247 g/mol. The van der Waals surface area contributed by atoms with Gasteiger partial charge >= 0.3 is 0 Å². The van der Waals surface area contributed by atoms with Crippen molar-refractivity contribution in [3.05, 3.63) is 35.9 Å². The molecule has 0 radical (unpaired) electrons. The average Bonchev–Trinajstić information content (AvgIpc) is 2.40. The number of amides is 1. The highest BCUT2D eigenvalue weighted by Gasteiger charge is 2.24. The highest BCUT2D eigenvalue weighted by Crippen LogP contribution is 2.21. The van der Waals surface area contributed by atoms with E-state index in [-0.39, 0.29) is 5.91 Å². The summed E-state index contributed by atoms with van der Waals surface area (Å²) < 4.78 is 0. The maximum absolute atomic E-state index is 11.6. The third kappa shape index (κ3) is 3.33. The van der Waals surface area contributed by atoms with E-state index in [0.717, 1.165) is 32.4 Å². The van der Waals surface area contributed by atoms with Gasteiger partial charge in [-0.25, -0.2) is 0 Å². The molecule has 3 heteroatoms. The lowest BCUT2D eigenvalue weighted by Gasteiger charge is -2.32. The number of aliphatic hydroxyl groups excluding tert-OH is 1. The predicted molar refractivity (Wildman–Crippen MR) is 71.1 cm³/mol. The Bertz CT molecular complexity index is 381. The summed E-state index contributed by atoms with van der Waals surface area (Å²) in [7, 11) is 0. The molecule has 1 heterocycles. The lowest BCUT2D eigenvalue weighted by Crippen LogP contribution is -2.43. The molecule has 0 bridgehead atoms. The van der Waals surface area contributed by atoms with Gasteiger partial charge in [0.25, 0.3) is 5.91 Å².